The first-order valence-corrected chi connectivity index (χ1v) is 11.0. The van der Waals surface area contributed by atoms with Gasteiger partial charge in [0.2, 0.25) is 15.9 Å². The first kappa shape index (κ1) is 20.5. The number of nitrogens with one attached hydrogen (secondary N) is 1. The van der Waals surface area contributed by atoms with Crippen molar-refractivity contribution in [2.75, 3.05) is 13.1 Å². The molecule has 1 aliphatic rings. The molecule has 7 heteroatoms. The molecule has 150 valence electrons. The van der Waals surface area contributed by atoms with Crippen molar-refractivity contribution in [1.29, 1.82) is 0 Å². The van der Waals surface area contributed by atoms with E-state index in [-0.39, 0.29) is 24.7 Å². The van der Waals surface area contributed by atoms with Crippen LogP contribution >= 0.6 is 0 Å². The Morgan fingerprint density at radius 1 is 1.00 bits per heavy atom. The van der Waals surface area contributed by atoms with Crippen molar-refractivity contribution in [3.63, 3.8) is 0 Å². The van der Waals surface area contributed by atoms with Gasteiger partial charge < -0.3 is 5.32 Å². The molecule has 1 saturated heterocycles. The summed E-state index contributed by atoms with van der Waals surface area (Å²) in [6.45, 7) is 1.30. The van der Waals surface area contributed by atoms with Crippen molar-refractivity contribution in [3.8, 4) is 0 Å². The summed E-state index contributed by atoms with van der Waals surface area (Å²) in [6, 6.07) is 13.0. The smallest absolute Gasteiger partial charge is 0.243 e. The Morgan fingerprint density at radius 2 is 1.68 bits per heavy atom. The minimum absolute atomic E-state index is 0.151. The maximum atomic E-state index is 13.6. The molecule has 0 saturated carbocycles. The Hall–Kier alpha value is -2.25. The summed E-state index contributed by atoms with van der Waals surface area (Å²) in [4.78, 5) is 12.3. The van der Waals surface area contributed by atoms with Crippen molar-refractivity contribution in [2.24, 2.45) is 0 Å². The summed E-state index contributed by atoms with van der Waals surface area (Å²) >= 11 is 0. The van der Waals surface area contributed by atoms with E-state index < -0.39 is 10.0 Å². The summed E-state index contributed by atoms with van der Waals surface area (Å²) in [5.74, 6) is -0.512. The van der Waals surface area contributed by atoms with Gasteiger partial charge in [-0.3, -0.25) is 4.79 Å². The number of rotatable bonds is 7. The van der Waals surface area contributed by atoms with Crippen LogP contribution in [0.25, 0.3) is 0 Å². The number of halogens is 1. The Morgan fingerprint density at radius 3 is 2.36 bits per heavy atom. The van der Waals surface area contributed by atoms with Crippen LogP contribution in [0.2, 0.25) is 0 Å². The van der Waals surface area contributed by atoms with Crippen LogP contribution in [-0.4, -0.2) is 31.7 Å². The minimum atomic E-state index is -3.43. The fourth-order valence-corrected chi connectivity index (χ4v) is 4.78. The van der Waals surface area contributed by atoms with Crippen molar-refractivity contribution in [3.05, 3.63) is 65.5 Å². The van der Waals surface area contributed by atoms with Crippen LogP contribution in [-0.2, 0) is 27.8 Å². The third-order valence-electron chi connectivity index (χ3n) is 4.95. The van der Waals surface area contributed by atoms with Crippen LogP contribution in [0.5, 0.6) is 0 Å². The van der Waals surface area contributed by atoms with Gasteiger partial charge in [0, 0.05) is 31.6 Å². The highest BCUT2D eigenvalue weighted by Crippen LogP contribution is 2.21. The lowest BCUT2D eigenvalue weighted by molar-refractivity contribution is -0.121. The second-order valence-electron chi connectivity index (χ2n) is 6.98. The molecule has 28 heavy (non-hydrogen) atoms. The van der Waals surface area contributed by atoms with E-state index >= 15 is 0 Å². The van der Waals surface area contributed by atoms with E-state index in [1.165, 1.54) is 6.07 Å². The first-order chi connectivity index (χ1) is 13.5. The lowest BCUT2D eigenvalue weighted by Crippen LogP contribution is -2.35. The SMILES string of the molecule is O=C(CCc1ccc(S(=O)(=O)N2CCCCC2)cc1)NCc1ccccc1F. The Balaban J connectivity index is 1.51. The van der Waals surface area contributed by atoms with Gasteiger partial charge in [-0.15, -0.1) is 0 Å². The van der Waals surface area contributed by atoms with Gasteiger partial charge in [-0.1, -0.05) is 36.8 Å². The summed E-state index contributed by atoms with van der Waals surface area (Å²) in [7, 11) is -3.43. The molecule has 0 spiro atoms. The summed E-state index contributed by atoms with van der Waals surface area (Å²) in [6.07, 6.45) is 3.63. The van der Waals surface area contributed by atoms with Crippen molar-refractivity contribution in [1.82, 2.24) is 9.62 Å². The van der Waals surface area contributed by atoms with Gasteiger partial charge in [-0.2, -0.15) is 4.31 Å². The lowest BCUT2D eigenvalue weighted by atomic mass is 10.1. The van der Waals surface area contributed by atoms with Crippen molar-refractivity contribution < 1.29 is 17.6 Å². The van der Waals surface area contributed by atoms with E-state index in [1.807, 2.05) is 0 Å². The average molecular weight is 405 g/mol. The number of nitrogens with zero attached hydrogens (tertiary/aromatic N) is 1. The topological polar surface area (TPSA) is 66.5 Å². The summed E-state index contributed by atoms with van der Waals surface area (Å²) < 4.78 is 40.4. The Bertz CT molecular complexity index is 908. The largest absolute Gasteiger partial charge is 0.352 e. The number of hydrogen-bond donors (Lipinski definition) is 1. The van der Waals surface area contributed by atoms with Crippen LogP contribution in [0.1, 0.15) is 36.8 Å². The molecule has 5 nitrogen and oxygen atoms in total. The maximum absolute atomic E-state index is 13.6. The highest BCUT2D eigenvalue weighted by molar-refractivity contribution is 7.89. The molecule has 1 fully saturated rings. The fraction of sp³-hybridized carbons (Fsp3) is 0.381. The fourth-order valence-electron chi connectivity index (χ4n) is 3.26. The van der Waals surface area contributed by atoms with Gasteiger partial charge in [-0.05, 0) is 43.0 Å². The number of aryl methyl sites for hydroxylation is 1. The molecule has 0 radical (unpaired) electrons. The second-order valence-corrected chi connectivity index (χ2v) is 8.91. The monoisotopic (exact) mass is 404 g/mol. The van der Waals surface area contributed by atoms with Gasteiger partial charge in [0.25, 0.3) is 0 Å². The second kappa shape index (κ2) is 9.30. The maximum Gasteiger partial charge on any atom is 0.243 e. The summed E-state index contributed by atoms with van der Waals surface area (Å²) in [5, 5.41) is 2.71. The normalized spacial score (nSPS) is 15.3. The number of carbonyl (C=O) groups is 1. The molecule has 0 aliphatic carbocycles. The number of sulfonamides is 1. The predicted molar refractivity (Wildman–Crippen MR) is 106 cm³/mol. The standard InChI is InChI=1S/C21H25FN2O3S/c22-20-7-3-2-6-18(20)16-23-21(25)13-10-17-8-11-19(12-9-17)28(26,27)24-14-4-1-5-15-24/h2-3,6-9,11-12H,1,4-5,10,13-16H2,(H,23,25). The Labute approximate surface area is 165 Å². The van der Waals surface area contributed by atoms with E-state index in [0.717, 1.165) is 24.8 Å². The van der Waals surface area contributed by atoms with Gasteiger partial charge in [-0.25, -0.2) is 12.8 Å². The predicted octanol–water partition coefficient (Wildman–Crippen LogP) is 3.25. The number of hydrogen-bond acceptors (Lipinski definition) is 3. The lowest BCUT2D eigenvalue weighted by Gasteiger charge is -2.25. The highest BCUT2D eigenvalue weighted by Gasteiger charge is 2.25. The number of piperidine rings is 1. The van der Waals surface area contributed by atoms with E-state index in [1.54, 1.807) is 46.8 Å². The van der Waals surface area contributed by atoms with Crippen molar-refractivity contribution >= 4 is 15.9 Å². The Kier molecular flexibility index (Phi) is 6.80. The minimum Gasteiger partial charge on any atom is -0.352 e. The number of carbonyl (C=O) groups excluding carboxylic acids is 1. The van der Waals surface area contributed by atoms with E-state index in [9.17, 15) is 17.6 Å². The molecule has 1 N–H and O–H groups in total. The van der Waals surface area contributed by atoms with Gasteiger partial charge in [0.15, 0.2) is 0 Å². The van der Waals surface area contributed by atoms with Crippen LogP contribution in [0.4, 0.5) is 4.39 Å². The molecule has 2 aromatic carbocycles. The zero-order valence-corrected chi connectivity index (χ0v) is 16.6. The zero-order valence-electron chi connectivity index (χ0n) is 15.7. The molecule has 0 unspecified atom stereocenters. The molecule has 3 rings (SSSR count). The van der Waals surface area contributed by atoms with E-state index in [2.05, 4.69) is 5.32 Å². The highest BCUT2D eigenvalue weighted by atomic mass is 32.2. The molecular weight excluding hydrogens is 379 g/mol. The third kappa shape index (κ3) is 5.17. The molecule has 0 bridgehead atoms. The van der Waals surface area contributed by atoms with Gasteiger partial charge in [0.1, 0.15) is 5.82 Å². The van der Waals surface area contributed by atoms with Crippen LogP contribution in [0.15, 0.2) is 53.4 Å². The molecule has 1 heterocycles. The molecular formula is C21H25FN2O3S. The third-order valence-corrected chi connectivity index (χ3v) is 6.86. The molecule has 1 amide bonds. The van der Waals surface area contributed by atoms with Gasteiger partial charge >= 0.3 is 0 Å². The van der Waals surface area contributed by atoms with E-state index in [0.29, 0.717) is 30.0 Å². The quantitative estimate of drug-likeness (QED) is 0.770. The van der Waals surface area contributed by atoms with Crippen LogP contribution in [0, 0.1) is 5.82 Å². The molecule has 0 atom stereocenters. The van der Waals surface area contributed by atoms with E-state index in [4.69, 9.17) is 0 Å². The summed E-state index contributed by atoms with van der Waals surface area (Å²) in [5.41, 5.74) is 1.33. The zero-order chi connectivity index (χ0) is 20.0. The molecule has 2 aromatic rings. The number of amides is 1. The van der Waals surface area contributed by atoms with Crippen LogP contribution < -0.4 is 5.32 Å². The first-order valence-electron chi connectivity index (χ1n) is 9.56. The molecule has 1 aliphatic heterocycles. The number of benzene rings is 2. The van der Waals surface area contributed by atoms with Crippen molar-refractivity contribution in [2.45, 2.75) is 43.5 Å². The molecule has 0 aromatic heterocycles. The average Bonchev–Trinajstić information content (AvgIpc) is 2.72. The van der Waals surface area contributed by atoms with Gasteiger partial charge in [0.05, 0.1) is 4.90 Å². The van der Waals surface area contributed by atoms with Crippen LogP contribution in [0.3, 0.4) is 0 Å².